The summed E-state index contributed by atoms with van der Waals surface area (Å²) in [5.41, 5.74) is -0.170. The van der Waals surface area contributed by atoms with E-state index in [2.05, 4.69) is 5.32 Å². The number of non-ortho nitro benzene ring substituents is 1. The molecule has 1 amide bonds. The van der Waals surface area contributed by atoms with Gasteiger partial charge in [0.15, 0.2) is 0 Å². The van der Waals surface area contributed by atoms with Crippen molar-refractivity contribution in [1.29, 1.82) is 0 Å². The van der Waals surface area contributed by atoms with E-state index >= 15 is 0 Å². The van der Waals surface area contributed by atoms with E-state index in [0.717, 1.165) is 6.07 Å². The number of amides is 1. The normalized spacial score (nSPS) is 11.9. The van der Waals surface area contributed by atoms with Crippen molar-refractivity contribution in [2.75, 3.05) is 20.3 Å². The predicted octanol–water partition coefficient (Wildman–Crippen LogP) is 1.38. The lowest BCUT2D eigenvalue weighted by molar-refractivity contribution is -0.384. The maximum Gasteiger partial charge on any atom is 0.271 e. The fourth-order valence-electron chi connectivity index (χ4n) is 1.63. The standard InChI is InChI=1S/C12H15ClN2O5/c1-20-7-10(2-3-16)14-12(17)8-4-9(13)6-11(5-8)15(18)19/h4-6,10,16H,2-3,7H2,1H3,(H,14,17). The summed E-state index contributed by atoms with van der Waals surface area (Å²) in [4.78, 5) is 22.1. The molecule has 0 bridgehead atoms. The molecule has 0 fully saturated rings. The van der Waals surface area contributed by atoms with Gasteiger partial charge in [-0.05, 0) is 12.5 Å². The van der Waals surface area contributed by atoms with Crippen molar-refractivity contribution in [2.45, 2.75) is 12.5 Å². The van der Waals surface area contributed by atoms with Crippen LogP contribution in [0.15, 0.2) is 18.2 Å². The van der Waals surface area contributed by atoms with Crippen LogP contribution in [0.4, 0.5) is 5.69 Å². The van der Waals surface area contributed by atoms with E-state index in [9.17, 15) is 14.9 Å². The van der Waals surface area contributed by atoms with Crippen molar-refractivity contribution in [3.63, 3.8) is 0 Å². The number of carbonyl (C=O) groups excluding carboxylic acids is 1. The van der Waals surface area contributed by atoms with E-state index in [0.29, 0.717) is 6.42 Å². The van der Waals surface area contributed by atoms with Gasteiger partial charge < -0.3 is 15.2 Å². The van der Waals surface area contributed by atoms with Crippen LogP contribution in [-0.2, 0) is 4.74 Å². The Morgan fingerprint density at radius 1 is 1.55 bits per heavy atom. The van der Waals surface area contributed by atoms with Gasteiger partial charge in [-0.25, -0.2) is 0 Å². The fourth-order valence-corrected chi connectivity index (χ4v) is 1.86. The topological polar surface area (TPSA) is 102 Å². The molecule has 8 heteroatoms. The van der Waals surface area contributed by atoms with Gasteiger partial charge >= 0.3 is 0 Å². The Labute approximate surface area is 120 Å². The number of hydrogen-bond acceptors (Lipinski definition) is 5. The Morgan fingerprint density at radius 3 is 2.80 bits per heavy atom. The van der Waals surface area contributed by atoms with E-state index in [-0.39, 0.29) is 35.5 Å². The lowest BCUT2D eigenvalue weighted by Crippen LogP contribution is -2.38. The molecular weight excluding hydrogens is 288 g/mol. The average molecular weight is 303 g/mol. The van der Waals surface area contributed by atoms with E-state index in [4.69, 9.17) is 21.4 Å². The molecule has 0 radical (unpaired) electrons. The zero-order valence-corrected chi connectivity index (χ0v) is 11.6. The molecule has 0 aliphatic carbocycles. The molecular formula is C12H15ClN2O5. The molecule has 1 aromatic carbocycles. The van der Waals surface area contributed by atoms with Crippen molar-refractivity contribution in [3.8, 4) is 0 Å². The molecule has 2 N–H and O–H groups in total. The van der Waals surface area contributed by atoms with E-state index in [1.165, 1.54) is 19.2 Å². The predicted molar refractivity (Wildman–Crippen MR) is 72.9 cm³/mol. The Kier molecular flexibility index (Phi) is 6.37. The molecule has 1 rings (SSSR count). The van der Waals surface area contributed by atoms with Gasteiger partial charge in [-0.1, -0.05) is 11.6 Å². The molecule has 0 heterocycles. The first kappa shape index (κ1) is 16.4. The van der Waals surface area contributed by atoms with Crippen LogP contribution in [0.1, 0.15) is 16.8 Å². The molecule has 0 aliphatic heterocycles. The van der Waals surface area contributed by atoms with E-state index in [1.807, 2.05) is 0 Å². The van der Waals surface area contributed by atoms with Gasteiger partial charge in [0.1, 0.15) is 0 Å². The molecule has 0 aromatic heterocycles. The summed E-state index contributed by atoms with van der Waals surface area (Å²) in [6.07, 6.45) is 0.322. The third-order valence-electron chi connectivity index (χ3n) is 2.54. The third kappa shape index (κ3) is 4.76. The first-order valence-corrected chi connectivity index (χ1v) is 6.21. The van der Waals surface area contributed by atoms with Crippen LogP contribution in [0.3, 0.4) is 0 Å². The average Bonchev–Trinajstić information content (AvgIpc) is 2.38. The van der Waals surface area contributed by atoms with Crippen LogP contribution in [0, 0.1) is 10.1 Å². The van der Waals surface area contributed by atoms with Gasteiger partial charge in [0, 0.05) is 36.4 Å². The summed E-state index contributed by atoms with van der Waals surface area (Å²) in [5, 5.41) is 22.3. The number of carbonyl (C=O) groups is 1. The maximum atomic E-state index is 12.0. The molecule has 1 atom stereocenters. The van der Waals surface area contributed by atoms with Crippen molar-refractivity contribution in [3.05, 3.63) is 38.9 Å². The van der Waals surface area contributed by atoms with Crippen molar-refractivity contribution >= 4 is 23.2 Å². The number of benzene rings is 1. The Balaban J connectivity index is 2.88. The second kappa shape index (κ2) is 7.78. The maximum absolute atomic E-state index is 12.0. The van der Waals surface area contributed by atoms with Crippen LogP contribution >= 0.6 is 11.6 Å². The first-order chi connectivity index (χ1) is 9.47. The smallest absolute Gasteiger partial charge is 0.271 e. The zero-order chi connectivity index (χ0) is 15.1. The van der Waals surface area contributed by atoms with Gasteiger partial charge in [0.25, 0.3) is 11.6 Å². The number of ether oxygens (including phenoxy) is 1. The number of nitro benzene ring substituents is 1. The lowest BCUT2D eigenvalue weighted by atomic mass is 10.1. The van der Waals surface area contributed by atoms with Gasteiger partial charge in [0.05, 0.1) is 17.6 Å². The van der Waals surface area contributed by atoms with Crippen molar-refractivity contribution in [1.82, 2.24) is 5.32 Å². The Morgan fingerprint density at radius 2 is 2.25 bits per heavy atom. The molecule has 0 saturated heterocycles. The minimum absolute atomic E-state index is 0.0863. The molecule has 0 saturated carbocycles. The van der Waals surface area contributed by atoms with E-state index < -0.39 is 10.8 Å². The Hall–Kier alpha value is -1.70. The first-order valence-electron chi connectivity index (χ1n) is 5.83. The summed E-state index contributed by atoms with van der Waals surface area (Å²) in [6, 6.07) is 3.27. The highest BCUT2D eigenvalue weighted by Gasteiger charge is 2.17. The van der Waals surface area contributed by atoms with E-state index in [1.54, 1.807) is 0 Å². The highest BCUT2D eigenvalue weighted by atomic mass is 35.5. The zero-order valence-electron chi connectivity index (χ0n) is 10.8. The number of halogens is 1. The molecule has 1 aromatic rings. The molecule has 20 heavy (non-hydrogen) atoms. The number of aliphatic hydroxyl groups excluding tert-OH is 1. The monoisotopic (exact) mass is 302 g/mol. The van der Waals surface area contributed by atoms with Gasteiger partial charge in [-0.2, -0.15) is 0 Å². The highest BCUT2D eigenvalue weighted by Crippen LogP contribution is 2.21. The fraction of sp³-hybridized carbons (Fsp3) is 0.417. The summed E-state index contributed by atoms with van der Waals surface area (Å²) < 4.78 is 4.92. The molecule has 0 spiro atoms. The lowest BCUT2D eigenvalue weighted by Gasteiger charge is -2.16. The molecule has 1 unspecified atom stereocenters. The Bertz CT molecular complexity index is 489. The summed E-state index contributed by atoms with van der Waals surface area (Å²) in [7, 11) is 1.47. The van der Waals surface area contributed by atoms with Crippen LogP contribution < -0.4 is 5.32 Å². The third-order valence-corrected chi connectivity index (χ3v) is 2.75. The number of nitrogens with zero attached hydrogens (tertiary/aromatic N) is 1. The summed E-state index contributed by atoms with van der Waals surface area (Å²) in [5.74, 6) is -0.508. The van der Waals surface area contributed by atoms with Gasteiger partial charge in [-0.15, -0.1) is 0 Å². The largest absolute Gasteiger partial charge is 0.396 e. The number of rotatable bonds is 7. The van der Waals surface area contributed by atoms with Gasteiger partial charge in [0.2, 0.25) is 0 Å². The summed E-state index contributed by atoms with van der Waals surface area (Å²) >= 11 is 5.75. The number of aliphatic hydroxyl groups is 1. The number of nitro groups is 1. The van der Waals surface area contributed by atoms with Crippen molar-refractivity contribution < 1.29 is 19.6 Å². The number of methoxy groups -OCH3 is 1. The van der Waals surface area contributed by atoms with Crippen LogP contribution in [-0.4, -0.2) is 42.3 Å². The highest BCUT2D eigenvalue weighted by molar-refractivity contribution is 6.31. The molecule has 0 aliphatic rings. The van der Waals surface area contributed by atoms with Crippen LogP contribution in [0.25, 0.3) is 0 Å². The quantitative estimate of drug-likeness (QED) is 0.585. The number of nitrogens with one attached hydrogen (secondary N) is 1. The second-order valence-electron chi connectivity index (χ2n) is 4.09. The summed E-state index contributed by atoms with van der Waals surface area (Å²) in [6.45, 7) is 0.124. The minimum Gasteiger partial charge on any atom is -0.396 e. The van der Waals surface area contributed by atoms with Crippen LogP contribution in [0.5, 0.6) is 0 Å². The van der Waals surface area contributed by atoms with Crippen LogP contribution in [0.2, 0.25) is 5.02 Å². The van der Waals surface area contributed by atoms with Crippen molar-refractivity contribution in [2.24, 2.45) is 0 Å². The molecule has 110 valence electrons. The number of hydrogen-bond donors (Lipinski definition) is 2. The SMILES string of the molecule is COCC(CCO)NC(=O)c1cc(Cl)cc([N+](=O)[O-])c1. The second-order valence-corrected chi connectivity index (χ2v) is 4.53. The minimum atomic E-state index is -0.622. The molecule has 7 nitrogen and oxygen atoms in total. The van der Waals surface area contributed by atoms with Gasteiger partial charge in [-0.3, -0.25) is 14.9 Å².